The number of ether oxygens (including phenoxy) is 2. The zero-order valence-electron chi connectivity index (χ0n) is 10.00. The molecule has 0 aromatic heterocycles. The highest BCUT2D eigenvalue weighted by Gasteiger charge is 2.33. The van der Waals surface area contributed by atoms with Crippen LogP contribution in [0.25, 0.3) is 0 Å². The Labute approximate surface area is 92.7 Å². The van der Waals surface area contributed by atoms with Crippen molar-refractivity contribution in [3.63, 3.8) is 0 Å². The summed E-state index contributed by atoms with van der Waals surface area (Å²) in [4.78, 5) is 2.34. The van der Waals surface area contributed by atoms with E-state index >= 15 is 0 Å². The van der Waals surface area contributed by atoms with Crippen molar-refractivity contribution >= 4 is 0 Å². The quantitative estimate of drug-likeness (QED) is 0.640. The van der Waals surface area contributed by atoms with Gasteiger partial charge in [-0.25, -0.2) is 0 Å². The Morgan fingerprint density at radius 3 is 2.00 bits per heavy atom. The van der Waals surface area contributed by atoms with Gasteiger partial charge in [0.15, 0.2) is 0 Å². The zero-order chi connectivity index (χ0) is 11.1. The minimum Gasteiger partial charge on any atom is -0.383 e. The average molecular weight is 216 g/mol. The second kappa shape index (κ2) is 6.43. The second-order valence-electron chi connectivity index (χ2n) is 4.48. The average Bonchev–Trinajstić information content (AvgIpc) is 2.19. The van der Waals surface area contributed by atoms with Crippen LogP contribution in [-0.2, 0) is 9.47 Å². The lowest BCUT2D eigenvalue weighted by atomic mass is 9.77. The van der Waals surface area contributed by atoms with Crippen LogP contribution in [0.3, 0.4) is 0 Å². The minimum absolute atomic E-state index is 0.0570. The van der Waals surface area contributed by atoms with Crippen molar-refractivity contribution in [3.05, 3.63) is 0 Å². The molecule has 0 aliphatic heterocycles. The highest BCUT2D eigenvalue weighted by molar-refractivity contribution is 4.95. The maximum Gasteiger partial charge on any atom is 0.0589 e. The topological polar surface area (TPSA) is 47.7 Å². The van der Waals surface area contributed by atoms with Crippen LogP contribution >= 0.6 is 0 Å². The molecule has 1 aliphatic carbocycles. The number of hydrogen-bond acceptors (Lipinski definition) is 4. The monoisotopic (exact) mass is 216 g/mol. The van der Waals surface area contributed by atoms with Crippen LogP contribution in [0.1, 0.15) is 19.3 Å². The Balaban J connectivity index is 2.26. The Hall–Kier alpha value is -0.160. The van der Waals surface area contributed by atoms with E-state index in [4.69, 9.17) is 15.2 Å². The maximum absolute atomic E-state index is 6.22. The van der Waals surface area contributed by atoms with Gasteiger partial charge in [0.1, 0.15) is 0 Å². The van der Waals surface area contributed by atoms with Crippen LogP contribution < -0.4 is 5.73 Å². The third kappa shape index (κ3) is 4.47. The van der Waals surface area contributed by atoms with Gasteiger partial charge in [-0.2, -0.15) is 0 Å². The number of nitrogens with two attached hydrogens (primary N) is 1. The van der Waals surface area contributed by atoms with Gasteiger partial charge in [0, 0.05) is 39.4 Å². The maximum atomic E-state index is 6.22. The molecule has 0 atom stereocenters. The van der Waals surface area contributed by atoms with Crippen LogP contribution in [0.5, 0.6) is 0 Å². The molecule has 0 aromatic carbocycles. The Kier molecular flexibility index (Phi) is 5.53. The summed E-state index contributed by atoms with van der Waals surface area (Å²) in [5.41, 5.74) is 6.28. The molecular weight excluding hydrogens is 192 g/mol. The standard InChI is InChI=1S/C11H24N2O2/c1-14-8-6-13(7-9-15-2)10-11(12)4-3-5-11/h3-10,12H2,1-2H3. The summed E-state index contributed by atoms with van der Waals surface area (Å²) in [6.45, 7) is 4.39. The van der Waals surface area contributed by atoms with Crippen molar-refractivity contribution in [1.82, 2.24) is 4.90 Å². The fourth-order valence-corrected chi connectivity index (χ4v) is 1.95. The molecule has 0 radical (unpaired) electrons. The van der Waals surface area contributed by atoms with Crippen LogP contribution in [0.2, 0.25) is 0 Å². The summed E-state index contributed by atoms with van der Waals surface area (Å²) in [5, 5.41) is 0. The third-order valence-corrected chi connectivity index (χ3v) is 3.11. The van der Waals surface area contributed by atoms with Crippen molar-refractivity contribution < 1.29 is 9.47 Å². The lowest BCUT2D eigenvalue weighted by Crippen LogP contribution is -2.55. The van der Waals surface area contributed by atoms with E-state index in [2.05, 4.69) is 4.90 Å². The first kappa shape index (κ1) is 12.9. The van der Waals surface area contributed by atoms with Gasteiger partial charge in [0.2, 0.25) is 0 Å². The van der Waals surface area contributed by atoms with Crippen LogP contribution in [0.15, 0.2) is 0 Å². The van der Waals surface area contributed by atoms with Crippen molar-refractivity contribution in [2.24, 2.45) is 5.73 Å². The number of hydrogen-bond donors (Lipinski definition) is 1. The van der Waals surface area contributed by atoms with Gasteiger partial charge < -0.3 is 15.2 Å². The molecule has 90 valence electrons. The van der Waals surface area contributed by atoms with Crippen LogP contribution in [-0.4, -0.2) is 57.5 Å². The summed E-state index contributed by atoms with van der Waals surface area (Å²) in [6.07, 6.45) is 3.59. The summed E-state index contributed by atoms with van der Waals surface area (Å²) < 4.78 is 10.2. The molecule has 0 aromatic rings. The van der Waals surface area contributed by atoms with E-state index in [9.17, 15) is 0 Å². The van der Waals surface area contributed by atoms with Crippen molar-refractivity contribution in [2.45, 2.75) is 24.8 Å². The van der Waals surface area contributed by atoms with Crippen molar-refractivity contribution in [1.29, 1.82) is 0 Å². The predicted molar refractivity (Wildman–Crippen MR) is 61.0 cm³/mol. The van der Waals surface area contributed by atoms with E-state index < -0.39 is 0 Å². The molecule has 0 saturated heterocycles. The first-order chi connectivity index (χ1) is 7.20. The predicted octanol–water partition coefficient (Wildman–Crippen LogP) is 0.463. The Bertz CT molecular complexity index is 164. The molecular formula is C11H24N2O2. The normalized spacial score (nSPS) is 19.2. The molecule has 0 heterocycles. The first-order valence-corrected chi connectivity index (χ1v) is 5.69. The summed E-state index contributed by atoms with van der Waals surface area (Å²) >= 11 is 0. The van der Waals surface area contributed by atoms with E-state index in [-0.39, 0.29) is 5.54 Å². The molecule has 1 saturated carbocycles. The van der Waals surface area contributed by atoms with Gasteiger partial charge in [0.05, 0.1) is 13.2 Å². The van der Waals surface area contributed by atoms with Gasteiger partial charge in [-0.05, 0) is 19.3 Å². The fourth-order valence-electron chi connectivity index (χ4n) is 1.95. The van der Waals surface area contributed by atoms with Gasteiger partial charge in [0.25, 0.3) is 0 Å². The van der Waals surface area contributed by atoms with Gasteiger partial charge in [-0.15, -0.1) is 0 Å². The summed E-state index contributed by atoms with van der Waals surface area (Å²) in [7, 11) is 3.46. The van der Waals surface area contributed by atoms with Crippen LogP contribution in [0.4, 0.5) is 0 Å². The smallest absolute Gasteiger partial charge is 0.0589 e. The fraction of sp³-hybridized carbons (Fsp3) is 1.00. The molecule has 4 nitrogen and oxygen atoms in total. The Morgan fingerprint density at radius 1 is 1.13 bits per heavy atom. The van der Waals surface area contributed by atoms with E-state index in [0.717, 1.165) is 45.7 Å². The second-order valence-corrected chi connectivity index (χ2v) is 4.48. The summed E-state index contributed by atoms with van der Waals surface area (Å²) in [5.74, 6) is 0. The van der Waals surface area contributed by atoms with Gasteiger partial charge in [-0.1, -0.05) is 0 Å². The van der Waals surface area contributed by atoms with Crippen LogP contribution in [0, 0.1) is 0 Å². The number of rotatable bonds is 8. The molecule has 2 N–H and O–H groups in total. The number of nitrogens with zero attached hydrogens (tertiary/aromatic N) is 1. The van der Waals surface area contributed by atoms with Crippen molar-refractivity contribution in [2.75, 3.05) is 47.1 Å². The lowest BCUT2D eigenvalue weighted by Gasteiger charge is -2.42. The molecule has 1 rings (SSSR count). The molecule has 0 amide bonds. The SMILES string of the molecule is COCCN(CCOC)CC1(N)CCC1. The first-order valence-electron chi connectivity index (χ1n) is 5.69. The van der Waals surface area contributed by atoms with E-state index in [1.807, 2.05) is 0 Å². The Morgan fingerprint density at radius 2 is 1.67 bits per heavy atom. The highest BCUT2D eigenvalue weighted by Crippen LogP contribution is 2.29. The van der Waals surface area contributed by atoms with E-state index in [1.54, 1.807) is 14.2 Å². The molecule has 4 heteroatoms. The largest absolute Gasteiger partial charge is 0.383 e. The van der Waals surface area contributed by atoms with Gasteiger partial charge >= 0.3 is 0 Å². The molecule has 0 unspecified atom stereocenters. The van der Waals surface area contributed by atoms with Crippen molar-refractivity contribution in [3.8, 4) is 0 Å². The third-order valence-electron chi connectivity index (χ3n) is 3.11. The van der Waals surface area contributed by atoms with E-state index in [0.29, 0.717) is 0 Å². The molecule has 0 spiro atoms. The zero-order valence-corrected chi connectivity index (χ0v) is 10.00. The molecule has 1 fully saturated rings. The van der Waals surface area contributed by atoms with Gasteiger partial charge in [-0.3, -0.25) is 4.90 Å². The number of methoxy groups -OCH3 is 2. The summed E-state index contributed by atoms with van der Waals surface area (Å²) in [6, 6.07) is 0. The molecule has 0 bridgehead atoms. The minimum atomic E-state index is 0.0570. The highest BCUT2D eigenvalue weighted by atomic mass is 16.5. The molecule has 1 aliphatic rings. The lowest BCUT2D eigenvalue weighted by molar-refractivity contribution is 0.0807. The molecule has 15 heavy (non-hydrogen) atoms. The van der Waals surface area contributed by atoms with E-state index in [1.165, 1.54) is 6.42 Å².